The van der Waals surface area contributed by atoms with Crippen LogP contribution in [0.5, 0.6) is 0 Å². The van der Waals surface area contributed by atoms with Crippen LogP contribution in [0.15, 0.2) is 84.9 Å². The van der Waals surface area contributed by atoms with Crippen LogP contribution in [0, 0.1) is 23.2 Å². The molecule has 39 heavy (non-hydrogen) atoms. The molecule has 3 aromatic carbocycles. The lowest BCUT2D eigenvalue weighted by molar-refractivity contribution is -0.172. The van der Waals surface area contributed by atoms with Gasteiger partial charge < -0.3 is 4.74 Å². The summed E-state index contributed by atoms with van der Waals surface area (Å²) in [5.74, 6) is 1.22. The number of hydrogen-bond acceptors (Lipinski definition) is 4. The van der Waals surface area contributed by atoms with Crippen molar-refractivity contribution in [2.24, 2.45) is 23.2 Å². The molecule has 0 saturated heterocycles. The van der Waals surface area contributed by atoms with Gasteiger partial charge in [0.2, 0.25) is 0 Å². The van der Waals surface area contributed by atoms with Gasteiger partial charge in [0.15, 0.2) is 0 Å². The Balaban J connectivity index is 1.25. The summed E-state index contributed by atoms with van der Waals surface area (Å²) >= 11 is 0. The van der Waals surface area contributed by atoms with Crippen LogP contribution in [0.2, 0.25) is 0 Å². The molecule has 4 aliphatic carbocycles. The van der Waals surface area contributed by atoms with Crippen LogP contribution < -0.4 is 0 Å². The SMILES string of the molecule is O=C(OCCS(=O)(=O)O)C12CC3CC(C1)C(c1cccc(C(Cc4ccccc4)c4ccccc4)c1)C(C3)C2. The van der Waals surface area contributed by atoms with Crippen LogP contribution in [-0.2, 0) is 26.1 Å². The molecule has 3 unspecified atom stereocenters. The molecule has 5 nitrogen and oxygen atoms in total. The van der Waals surface area contributed by atoms with Crippen molar-refractivity contribution in [1.29, 1.82) is 0 Å². The number of rotatable bonds is 9. The summed E-state index contributed by atoms with van der Waals surface area (Å²) in [4.78, 5) is 13.2. The molecule has 7 rings (SSSR count). The zero-order valence-corrected chi connectivity index (χ0v) is 22.9. The lowest BCUT2D eigenvalue weighted by atomic mass is 9.45. The summed E-state index contributed by atoms with van der Waals surface area (Å²) in [5.41, 5.74) is 4.83. The quantitative estimate of drug-likeness (QED) is 0.249. The first-order chi connectivity index (χ1) is 18.8. The Morgan fingerprint density at radius 2 is 1.51 bits per heavy atom. The standard InChI is InChI=1S/C33H36O5S/c34-32(38-14-15-39(35,36)37)33-20-24-16-28(21-33)31(29(17-24)22-33)27-13-7-12-26(19-27)30(25-10-5-2-6-11-25)18-23-8-3-1-4-9-23/h1-13,19,24,28-31H,14-18,20-22H2,(H,35,36,37). The fraction of sp³-hybridized carbons (Fsp3) is 0.424. The van der Waals surface area contributed by atoms with Gasteiger partial charge in [0, 0.05) is 5.92 Å². The van der Waals surface area contributed by atoms with E-state index in [1.807, 2.05) is 0 Å². The number of benzene rings is 3. The minimum Gasteiger partial charge on any atom is -0.464 e. The third-order valence-electron chi connectivity index (χ3n) is 9.46. The second-order valence-corrected chi connectivity index (χ2v) is 13.6. The summed E-state index contributed by atoms with van der Waals surface area (Å²) in [6.45, 7) is -0.285. The molecule has 3 aromatic rings. The largest absolute Gasteiger partial charge is 0.464 e. The van der Waals surface area contributed by atoms with Gasteiger partial charge in [-0.3, -0.25) is 9.35 Å². The van der Waals surface area contributed by atoms with Crippen molar-refractivity contribution in [2.75, 3.05) is 12.4 Å². The predicted octanol–water partition coefficient (Wildman–Crippen LogP) is 6.40. The van der Waals surface area contributed by atoms with Gasteiger partial charge in [0.25, 0.3) is 10.1 Å². The third-order valence-corrected chi connectivity index (χ3v) is 10.1. The van der Waals surface area contributed by atoms with Crippen molar-refractivity contribution in [3.05, 3.63) is 107 Å². The molecule has 3 atom stereocenters. The van der Waals surface area contributed by atoms with Crippen LogP contribution in [0.25, 0.3) is 0 Å². The lowest BCUT2D eigenvalue weighted by Gasteiger charge is -2.59. The third kappa shape index (κ3) is 5.55. The summed E-state index contributed by atoms with van der Waals surface area (Å²) in [6, 6.07) is 30.6. The van der Waals surface area contributed by atoms with Gasteiger partial charge in [-0.05, 0) is 84.5 Å². The number of ether oxygens (including phenoxy) is 1. The maximum atomic E-state index is 13.2. The van der Waals surface area contributed by atoms with Gasteiger partial charge in [-0.15, -0.1) is 0 Å². The highest BCUT2D eigenvalue weighted by atomic mass is 32.2. The van der Waals surface area contributed by atoms with E-state index in [0.717, 1.165) is 38.5 Å². The number of carbonyl (C=O) groups is 1. The van der Waals surface area contributed by atoms with Gasteiger partial charge >= 0.3 is 5.97 Å². The molecule has 204 valence electrons. The number of hydrogen-bond donors (Lipinski definition) is 1. The minimum absolute atomic E-state index is 0.259. The number of carbonyl (C=O) groups excluding carboxylic acids is 1. The van der Waals surface area contributed by atoms with E-state index < -0.39 is 21.3 Å². The maximum Gasteiger partial charge on any atom is 0.312 e. The predicted molar refractivity (Wildman–Crippen MR) is 151 cm³/mol. The zero-order valence-electron chi connectivity index (χ0n) is 22.1. The molecule has 0 spiro atoms. The van der Waals surface area contributed by atoms with E-state index in [2.05, 4.69) is 84.9 Å². The van der Waals surface area contributed by atoms with E-state index in [1.165, 1.54) is 22.3 Å². The van der Waals surface area contributed by atoms with E-state index in [0.29, 0.717) is 23.7 Å². The van der Waals surface area contributed by atoms with Gasteiger partial charge in [-0.2, -0.15) is 8.42 Å². The molecule has 0 radical (unpaired) electrons. The van der Waals surface area contributed by atoms with Crippen molar-refractivity contribution in [2.45, 2.75) is 50.4 Å². The maximum absolute atomic E-state index is 13.2. The van der Waals surface area contributed by atoms with Crippen LogP contribution in [0.1, 0.15) is 66.2 Å². The Bertz CT molecular complexity index is 1400. The molecule has 4 aliphatic rings. The topological polar surface area (TPSA) is 80.7 Å². The monoisotopic (exact) mass is 544 g/mol. The Labute approximate surface area is 231 Å². The van der Waals surface area contributed by atoms with Gasteiger partial charge in [0.1, 0.15) is 12.4 Å². The Hall–Kier alpha value is -2.96. The van der Waals surface area contributed by atoms with Crippen molar-refractivity contribution < 1.29 is 22.5 Å². The van der Waals surface area contributed by atoms with Crippen molar-refractivity contribution in [3.63, 3.8) is 0 Å². The molecular weight excluding hydrogens is 508 g/mol. The minimum atomic E-state index is -4.15. The molecule has 4 fully saturated rings. The van der Waals surface area contributed by atoms with E-state index in [9.17, 15) is 13.2 Å². The van der Waals surface area contributed by atoms with Crippen molar-refractivity contribution in [1.82, 2.24) is 0 Å². The average molecular weight is 545 g/mol. The second-order valence-electron chi connectivity index (χ2n) is 12.0. The van der Waals surface area contributed by atoms with E-state index >= 15 is 0 Å². The molecule has 0 aliphatic heterocycles. The van der Waals surface area contributed by atoms with E-state index in [4.69, 9.17) is 9.29 Å². The van der Waals surface area contributed by atoms with Gasteiger partial charge in [-0.1, -0.05) is 84.9 Å². The van der Waals surface area contributed by atoms with E-state index in [1.54, 1.807) is 0 Å². The first-order valence-electron chi connectivity index (χ1n) is 14.1. The molecule has 4 saturated carbocycles. The normalized spacial score (nSPS) is 28.2. The smallest absolute Gasteiger partial charge is 0.312 e. The average Bonchev–Trinajstić information content (AvgIpc) is 2.92. The van der Waals surface area contributed by atoms with Gasteiger partial charge in [-0.25, -0.2) is 0 Å². The molecular formula is C33H36O5S. The van der Waals surface area contributed by atoms with E-state index in [-0.39, 0.29) is 18.5 Å². The zero-order chi connectivity index (χ0) is 27.0. The summed E-state index contributed by atoms with van der Waals surface area (Å²) in [5, 5.41) is 0. The van der Waals surface area contributed by atoms with Crippen LogP contribution in [-0.4, -0.2) is 31.3 Å². The molecule has 0 amide bonds. The second kappa shape index (κ2) is 10.5. The van der Waals surface area contributed by atoms with Crippen molar-refractivity contribution in [3.8, 4) is 0 Å². The summed E-state index contributed by atoms with van der Waals surface area (Å²) in [6.07, 6.45) is 5.64. The molecule has 1 N–H and O–H groups in total. The molecule has 0 heterocycles. The Kier molecular flexibility index (Phi) is 7.11. The van der Waals surface area contributed by atoms with Crippen LogP contribution >= 0.6 is 0 Å². The van der Waals surface area contributed by atoms with Crippen LogP contribution in [0.4, 0.5) is 0 Å². The highest BCUT2D eigenvalue weighted by Crippen LogP contribution is 2.65. The fourth-order valence-corrected chi connectivity index (χ4v) is 8.45. The first-order valence-corrected chi connectivity index (χ1v) is 15.7. The highest BCUT2D eigenvalue weighted by Gasteiger charge is 2.59. The molecule has 4 bridgehead atoms. The number of esters is 1. The van der Waals surface area contributed by atoms with Crippen molar-refractivity contribution >= 4 is 16.1 Å². The van der Waals surface area contributed by atoms with Crippen LogP contribution in [0.3, 0.4) is 0 Å². The lowest BCUT2D eigenvalue weighted by Crippen LogP contribution is -2.53. The first kappa shape index (κ1) is 26.3. The summed E-state index contributed by atoms with van der Waals surface area (Å²) in [7, 11) is -4.15. The Morgan fingerprint density at radius 3 is 2.18 bits per heavy atom. The highest BCUT2D eigenvalue weighted by molar-refractivity contribution is 7.85. The molecule has 0 aromatic heterocycles. The molecule has 6 heteroatoms. The van der Waals surface area contributed by atoms with Gasteiger partial charge in [0.05, 0.1) is 5.41 Å². The fourth-order valence-electron chi connectivity index (χ4n) is 8.16. The Morgan fingerprint density at radius 1 is 0.872 bits per heavy atom. The summed E-state index contributed by atoms with van der Waals surface area (Å²) < 4.78 is 36.6.